The summed E-state index contributed by atoms with van der Waals surface area (Å²) >= 11 is 3.21. The van der Waals surface area contributed by atoms with Crippen LogP contribution in [0.2, 0.25) is 0 Å². The number of aldehydes is 1. The van der Waals surface area contributed by atoms with Gasteiger partial charge in [-0.2, -0.15) is 0 Å². The van der Waals surface area contributed by atoms with E-state index in [-0.39, 0.29) is 9.79 Å². The van der Waals surface area contributed by atoms with Gasteiger partial charge in [0.05, 0.1) is 9.79 Å². The summed E-state index contributed by atoms with van der Waals surface area (Å²) in [5, 5.41) is 0.632. The number of aromatic amines is 1. The Morgan fingerprint density at radius 2 is 1.86 bits per heavy atom. The van der Waals surface area contributed by atoms with E-state index < -0.39 is 9.84 Å². The van der Waals surface area contributed by atoms with E-state index >= 15 is 0 Å². The SMILES string of the molecule is O=Cc1cc(S(=O)(=O)c2c[nH]c3ccccc23)ccc1Br. The highest BCUT2D eigenvalue weighted by Gasteiger charge is 2.22. The highest BCUT2D eigenvalue weighted by Crippen LogP contribution is 2.29. The predicted molar refractivity (Wildman–Crippen MR) is 83.3 cm³/mol. The second-order valence-electron chi connectivity index (χ2n) is 4.50. The molecule has 0 aliphatic carbocycles. The molecule has 1 aromatic heterocycles. The standard InChI is InChI=1S/C15H10BrNO3S/c16-13-6-5-11(7-10(13)9-18)21(19,20)15-8-17-14-4-2-1-3-12(14)15/h1-9,17H. The van der Waals surface area contributed by atoms with Gasteiger partial charge in [-0.1, -0.05) is 34.1 Å². The fourth-order valence-corrected chi connectivity index (χ4v) is 3.98. The van der Waals surface area contributed by atoms with Gasteiger partial charge in [-0.3, -0.25) is 4.79 Å². The van der Waals surface area contributed by atoms with Crippen LogP contribution in [0.3, 0.4) is 0 Å². The highest BCUT2D eigenvalue weighted by molar-refractivity contribution is 9.10. The minimum atomic E-state index is -3.68. The summed E-state index contributed by atoms with van der Waals surface area (Å²) in [4.78, 5) is 14.2. The van der Waals surface area contributed by atoms with Gasteiger partial charge in [0.15, 0.2) is 6.29 Å². The van der Waals surface area contributed by atoms with E-state index in [2.05, 4.69) is 20.9 Å². The van der Waals surface area contributed by atoms with Crippen LogP contribution in [-0.2, 0) is 9.84 Å². The van der Waals surface area contributed by atoms with Gasteiger partial charge >= 0.3 is 0 Å². The summed E-state index contributed by atoms with van der Waals surface area (Å²) in [6, 6.07) is 11.6. The summed E-state index contributed by atoms with van der Waals surface area (Å²) in [6.07, 6.45) is 2.10. The summed E-state index contributed by atoms with van der Waals surface area (Å²) in [7, 11) is -3.68. The Kier molecular flexibility index (Phi) is 3.43. The van der Waals surface area contributed by atoms with Crippen LogP contribution in [0.1, 0.15) is 10.4 Å². The molecule has 1 N–H and O–H groups in total. The van der Waals surface area contributed by atoms with Crippen LogP contribution < -0.4 is 0 Å². The number of sulfone groups is 1. The molecule has 0 amide bonds. The van der Waals surface area contributed by atoms with Crippen molar-refractivity contribution in [2.24, 2.45) is 0 Å². The summed E-state index contributed by atoms with van der Waals surface area (Å²) in [6.45, 7) is 0. The lowest BCUT2D eigenvalue weighted by Gasteiger charge is -2.05. The molecule has 0 spiro atoms. The van der Waals surface area contributed by atoms with Gasteiger partial charge in [0, 0.05) is 27.1 Å². The number of para-hydroxylation sites is 1. The van der Waals surface area contributed by atoms with Gasteiger partial charge in [-0.15, -0.1) is 0 Å². The molecule has 2 aromatic carbocycles. The molecule has 0 bridgehead atoms. The lowest BCUT2D eigenvalue weighted by atomic mass is 10.2. The second-order valence-corrected chi connectivity index (χ2v) is 7.28. The Morgan fingerprint density at radius 3 is 2.62 bits per heavy atom. The van der Waals surface area contributed by atoms with Crippen LogP contribution in [0.15, 0.2) is 62.9 Å². The van der Waals surface area contributed by atoms with Crippen LogP contribution in [0, 0.1) is 0 Å². The number of H-pyrrole nitrogens is 1. The fraction of sp³-hybridized carbons (Fsp3) is 0. The average Bonchev–Trinajstić information content (AvgIpc) is 2.92. The number of benzene rings is 2. The van der Waals surface area contributed by atoms with Crippen molar-refractivity contribution in [1.29, 1.82) is 0 Å². The minimum Gasteiger partial charge on any atom is -0.360 e. The number of halogens is 1. The number of rotatable bonds is 3. The lowest BCUT2D eigenvalue weighted by Crippen LogP contribution is -2.02. The first-order valence-corrected chi connectivity index (χ1v) is 8.37. The Morgan fingerprint density at radius 1 is 1.10 bits per heavy atom. The molecule has 0 unspecified atom stereocenters. The molecule has 6 heteroatoms. The minimum absolute atomic E-state index is 0.0950. The zero-order valence-corrected chi connectivity index (χ0v) is 13.1. The zero-order valence-electron chi connectivity index (χ0n) is 10.7. The van der Waals surface area contributed by atoms with Gasteiger partial charge in [-0.25, -0.2) is 8.42 Å². The zero-order chi connectivity index (χ0) is 15.0. The maximum Gasteiger partial charge on any atom is 0.208 e. The van der Waals surface area contributed by atoms with Crippen LogP contribution in [0.5, 0.6) is 0 Å². The molecule has 3 rings (SSSR count). The number of aromatic nitrogens is 1. The Bertz CT molecular complexity index is 944. The number of nitrogens with one attached hydrogen (secondary N) is 1. The van der Waals surface area contributed by atoms with E-state index in [0.29, 0.717) is 21.7 Å². The molecule has 0 aliphatic heterocycles. The largest absolute Gasteiger partial charge is 0.360 e. The Labute approximate surface area is 129 Å². The third kappa shape index (κ3) is 2.30. The first-order valence-electron chi connectivity index (χ1n) is 6.10. The van der Waals surface area contributed by atoms with Crippen molar-refractivity contribution < 1.29 is 13.2 Å². The van der Waals surface area contributed by atoms with Crippen molar-refractivity contribution in [2.75, 3.05) is 0 Å². The molecule has 21 heavy (non-hydrogen) atoms. The molecule has 3 aromatic rings. The molecular weight excluding hydrogens is 354 g/mol. The van der Waals surface area contributed by atoms with Crippen molar-refractivity contribution >= 4 is 43.0 Å². The number of hydrogen-bond donors (Lipinski definition) is 1. The van der Waals surface area contributed by atoms with Crippen LogP contribution in [-0.4, -0.2) is 19.7 Å². The molecule has 0 atom stereocenters. The molecule has 0 aliphatic rings. The third-order valence-corrected chi connectivity index (χ3v) is 5.76. The molecule has 0 saturated heterocycles. The monoisotopic (exact) mass is 363 g/mol. The van der Waals surface area contributed by atoms with Gasteiger partial charge in [0.1, 0.15) is 0 Å². The van der Waals surface area contributed by atoms with Gasteiger partial charge in [0.2, 0.25) is 9.84 Å². The van der Waals surface area contributed by atoms with E-state index in [1.165, 1.54) is 18.3 Å². The van der Waals surface area contributed by atoms with Crippen molar-refractivity contribution in [2.45, 2.75) is 9.79 Å². The second kappa shape index (κ2) is 5.13. The first kappa shape index (κ1) is 14.0. The predicted octanol–water partition coefficient (Wildman–Crippen LogP) is 3.58. The van der Waals surface area contributed by atoms with E-state index in [4.69, 9.17) is 0 Å². The van der Waals surface area contributed by atoms with Crippen molar-refractivity contribution in [1.82, 2.24) is 4.98 Å². The average molecular weight is 364 g/mol. The van der Waals surface area contributed by atoms with E-state index in [9.17, 15) is 13.2 Å². The van der Waals surface area contributed by atoms with Gasteiger partial charge < -0.3 is 4.98 Å². The normalized spacial score (nSPS) is 11.7. The third-order valence-electron chi connectivity index (χ3n) is 3.25. The summed E-state index contributed by atoms with van der Waals surface area (Å²) in [5.41, 5.74) is 1.06. The van der Waals surface area contributed by atoms with Crippen LogP contribution in [0.4, 0.5) is 0 Å². The maximum atomic E-state index is 12.7. The van der Waals surface area contributed by atoms with Crippen LogP contribution >= 0.6 is 15.9 Å². The smallest absolute Gasteiger partial charge is 0.208 e. The molecule has 4 nitrogen and oxygen atoms in total. The van der Waals surface area contributed by atoms with Crippen molar-refractivity contribution in [3.05, 3.63) is 58.7 Å². The first-order chi connectivity index (χ1) is 10.0. The molecule has 106 valence electrons. The Balaban J connectivity index is 2.23. The van der Waals surface area contributed by atoms with Crippen molar-refractivity contribution in [3.63, 3.8) is 0 Å². The molecule has 0 fully saturated rings. The summed E-state index contributed by atoms with van der Waals surface area (Å²) in [5.74, 6) is 0. The highest BCUT2D eigenvalue weighted by atomic mass is 79.9. The summed E-state index contributed by atoms with van der Waals surface area (Å²) < 4.78 is 26.0. The maximum absolute atomic E-state index is 12.7. The number of carbonyl (C=O) groups excluding carboxylic acids is 1. The molecule has 0 radical (unpaired) electrons. The Hall–Kier alpha value is -1.92. The van der Waals surface area contributed by atoms with E-state index in [0.717, 1.165) is 5.52 Å². The molecular formula is C15H10BrNO3S. The number of carbonyl (C=O) groups is 1. The van der Waals surface area contributed by atoms with E-state index in [1.54, 1.807) is 18.2 Å². The fourth-order valence-electron chi connectivity index (χ4n) is 2.17. The number of hydrogen-bond acceptors (Lipinski definition) is 3. The van der Waals surface area contributed by atoms with Crippen LogP contribution in [0.25, 0.3) is 10.9 Å². The van der Waals surface area contributed by atoms with Gasteiger partial charge in [-0.05, 0) is 24.3 Å². The molecule has 1 heterocycles. The number of fused-ring (bicyclic) bond motifs is 1. The quantitative estimate of drug-likeness (QED) is 0.723. The van der Waals surface area contributed by atoms with E-state index in [1.807, 2.05) is 12.1 Å². The van der Waals surface area contributed by atoms with Gasteiger partial charge in [0.25, 0.3) is 0 Å². The topological polar surface area (TPSA) is 67.0 Å². The lowest BCUT2D eigenvalue weighted by molar-refractivity contribution is 0.112. The van der Waals surface area contributed by atoms with Crippen molar-refractivity contribution in [3.8, 4) is 0 Å². The molecule has 0 saturated carbocycles.